The number of hydrogen-bond donors (Lipinski definition) is 1. The molecule has 1 heterocycles. The lowest BCUT2D eigenvalue weighted by Crippen LogP contribution is -1.99. The molecule has 0 aliphatic heterocycles. The van der Waals surface area contributed by atoms with Gasteiger partial charge in [0.25, 0.3) is 0 Å². The summed E-state index contributed by atoms with van der Waals surface area (Å²) in [5.41, 5.74) is 3.53. The summed E-state index contributed by atoms with van der Waals surface area (Å²) in [6, 6.07) is 15.4. The summed E-state index contributed by atoms with van der Waals surface area (Å²) in [5.74, 6) is 0.956. The summed E-state index contributed by atoms with van der Waals surface area (Å²) in [5, 5.41) is 11.3. The zero-order chi connectivity index (χ0) is 13.1. The summed E-state index contributed by atoms with van der Waals surface area (Å²) in [4.78, 5) is 4.41. The van der Waals surface area contributed by atoms with Crippen molar-refractivity contribution < 1.29 is 0 Å². The normalized spacial score (nSPS) is 10.6. The van der Waals surface area contributed by atoms with Gasteiger partial charge >= 0.3 is 0 Å². The average molecular weight is 271 g/mol. The second kappa shape index (κ2) is 5.20. The highest BCUT2D eigenvalue weighted by Gasteiger charge is 2.02. The fraction of sp³-hybridized carbons (Fsp3) is 0.0714. The standard InChI is InChI=1S/C14H11ClN4/c15-9-10-4-3-5-11(8-10)16-14-17-12-6-1-2-7-13(12)18-19-14/h1-8H,9H2,(H,16,17,19). The lowest BCUT2D eigenvalue weighted by atomic mass is 10.2. The van der Waals surface area contributed by atoms with E-state index >= 15 is 0 Å². The van der Waals surface area contributed by atoms with Gasteiger partial charge in [-0.25, -0.2) is 4.98 Å². The predicted molar refractivity (Wildman–Crippen MR) is 76.6 cm³/mol. The van der Waals surface area contributed by atoms with Crippen LogP contribution >= 0.6 is 11.6 Å². The van der Waals surface area contributed by atoms with Crippen LogP contribution in [0.4, 0.5) is 11.6 Å². The van der Waals surface area contributed by atoms with E-state index in [-0.39, 0.29) is 0 Å². The monoisotopic (exact) mass is 270 g/mol. The molecule has 0 aliphatic carbocycles. The number of nitrogens with one attached hydrogen (secondary N) is 1. The molecule has 1 aromatic heterocycles. The van der Waals surface area contributed by atoms with Gasteiger partial charge in [0.2, 0.25) is 5.95 Å². The maximum absolute atomic E-state index is 5.81. The van der Waals surface area contributed by atoms with Crippen molar-refractivity contribution in [2.24, 2.45) is 0 Å². The van der Waals surface area contributed by atoms with Gasteiger partial charge in [0.05, 0.1) is 5.52 Å². The van der Waals surface area contributed by atoms with Gasteiger partial charge in [0.1, 0.15) is 5.52 Å². The number of alkyl halides is 1. The maximum atomic E-state index is 5.81. The van der Waals surface area contributed by atoms with Crippen LogP contribution in [0.2, 0.25) is 0 Å². The third-order valence-electron chi connectivity index (χ3n) is 2.70. The van der Waals surface area contributed by atoms with Crippen LogP contribution in [0.15, 0.2) is 48.5 Å². The molecule has 0 radical (unpaired) electrons. The second-order valence-corrected chi connectivity index (χ2v) is 4.35. The summed E-state index contributed by atoms with van der Waals surface area (Å²) < 4.78 is 0. The Balaban J connectivity index is 1.92. The second-order valence-electron chi connectivity index (χ2n) is 4.08. The first-order valence-electron chi connectivity index (χ1n) is 5.86. The molecule has 2 aromatic carbocycles. The Morgan fingerprint density at radius 2 is 1.79 bits per heavy atom. The zero-order valence-corrected chi connectivity index (χ0v) is 10.8. The Hall–Kier alpha value is -2.20. The Morgan fingerprint density at radius 1 is 0.947 bits per heavy atom. The van der Waals surface area contributed by atoms with Gasteiger partial charge in [-0.1, -0.05) is 24.3 Å². The third-order valence-corrected chi connectivity index (χ3v) is 3.01. The fourth-order valence-corrected chi connectivity index (χ4v) is 1.96. The van der Waals surface area contributed by atoms with Crippen LogP contribution in [0.25, 0.3) is 11.0 Å². The molecule has 0 aliphatic rings. The lowest BCUT2D eigenvalue weighted by molar-refractivity contribution is 1.03. The smallest absolute Gasteiger partial charge is 0.247 e. The summed E-state index contributed by atoms with van der Waals surface area (Å²) in [6.45, 7) is 0. The number of fused-ring (bicyclic) bond motifs is 1. The SMILES string of the molecule is ClCc1cccc(Nc2nnc3ccccc3n2)c1. The molecule has 0 unspecified atom stereocenters. The molecule has 1 N–H and O–H groups in total. The van der Waals surface area contributed by atoms with E-state index in [0.717, 1.165) is 22.3 Å². The van der Waals surface area contributed by atoms with Crippen molar-refractivity contribution in [1.82, 2.24) is 15.2 Å². The minimum absolute atomic E-state index is 0.477. The molecule has 0 saturated heterocycles. The van der Waals surface area contributed by atoms with E-state index in [4.69, 9.17) is 11.6 Å². The van der Waals surface area contributed by atoms with Gasteiger partial charge < -0.3 is 5.32 Å². The molecule has 4 nitrogen and oxygen atoms in total. The number of halogens is 1. The van der Waals surface area contributed by atoms with E-state index in [1.807, 2.05) is 48.5 Å². The first kappa shape index (κ1) is 11.9. The summed E-state index contributed by atoms with van der Waals surface area (Å²) in [7, 11) is 0. The number of benzene rings is 2. The molecule has 19 heavy (non-hydrogen) atoms. The fourth-order valence-electron chi connectivity index (χ4n) is 1.80. The van der Waals surface area contributed by atoms with Crippen molar-refractivity contribution in [3.05, 3.63) is 54.1 Å². The summed E-state index contributed by atoms with van der Waals surface area (Å²) >= 11 is 5.81. The number of anilines is 2. The van der Waals surface area contributed by atoms with Crippen molar-refractivity contribution >= 4 is 34.3 Å². The number of nitrogens with zero attached hydrogens (tertiary/aromatic N) is 3. The van der Waals surface area contributed by atoms with Crippen molar-refractivity contribution in [2.75, 3.05) is 5.32 Å². The van der Waals surface area contributed by atoms with Crippen LogP contribution in [-0.4, -0.2) is 15.2 Å². The Kier molecular flexibility index (Phi) is 3.25. The van der Waals surface area contributed by atoms with Crippen LogP contribution in [0.5, 0.6) is 0 Å². The quantitative estimate of drug-likeness (QED) is 0.740. The largest absolute Gasteiger partial charge is 0.323 e. The van der Waals surface area contributed by atoms with E-state index in [9.17, 15) is 0 Å². The van der Waals surface area contributed by atoms with E-state index in [1.54, 1.807) is 0 Å². The molecular weight excluding hydrogens is 260 g/mol. The van der Waals surface area contributed by atoms with E-state index in [1.165, 1.54) is 0 Å². The van der Waals surface area contributed by atoms with Crippen LogP contribution in [0, 0.1) is 0 Å². The molecular formula is C14H11ClN4. The molecule has 5 heteroatoms. The van der Waals surface area contributed by atoms with Gasteiger partial charge in [0, 0.05) is 11.6 Å². The highest BCUT2D eigenvalue weighted by atomic mass is 35.5. The number of rotatable bonds is 3. The van der Waals surface area contributed by atoms with Crippen LogP contribution in [0.3, 0.4) is 0 Å². The molecule has 0 spiro atoms. The number of hydrogen-bond acceptors (Lipinski definition) is 4. The van der Waals surface area contributed by atoms with Crippen molar-refractivity contribution in [3.63, 3.8) is 0 Å². The molecule has 3 aromatic rings. The van der Waals surface area contributed by atoms with E-state index in [0.29, 0.717) is 11.8 Å². The predicted octanol–water partition coefficient (Wildman–Crippen LogP) is 3.51. The summed E-state index contributed by atoms with van der Waals surface area (Å²) in [6.07, 6.45) is 0. The first-order valence-corrected chi connectivity index (χ1v) is 6.40. The van der Waals surface area contributed by atoms with Crippen LogP contribution < -0.4 is 5.32 Å². The first-order chi connectivity index (χ1) is 9.35. The third kappa shape index (κ3) is 2.63. The van der Waals surface area contributed by atoms with Gasteiger partial charge in [-0.3, -0.25) is 0 Å². The molecule has 0 bridgehead atoms. The number of para-hydroxylation sites is 1. The maximum Gasteiger partial charge on any atom is 0.247 e. The van der Waals surface area contributed by atoms with Crippen molar-refractivity contribution in [1.29, 1.82) is 0 Å². The highest BCUT2D eigenvalue weighted by molar-refractivity contribution is 6.17. The Labute approximate surface area is 115 Å². The van der Waals surface area contributed by atoms with Gasteiger partial charge in [-0.15, -0.1) is 21.8 Å². The topological polar surface area (TPSA) is 50.7 Å². The van der Waals surface area contributed by atoms with Crippen molar-refractivity contribution in [2.45, 2.75) is 5.88 Å². The minimum Gasteiger partial charge on any atom is -0.323 e. The van der Waals surface area contributed by atoms with E-state index < -0.39 is 0 Å². The molecule has 0 fully saturated rings. The van der Waals surface area contributed by atoms with E-state index in [2.05, 4.69) is 20.5 Å². The minimum atomic E-state index is 0.477. The van der Waals surface area contributed by atoms with Crippen molar-refractivity contribution in [3.8, 4) is 0 Å². The molecule has 0 atom stereocenters. The molecule has 0 saturated carbocycles. The highest BCUT2D eigenvalue weighted by Crippen LogP contribution is 2.17. The number of aromatic nitrogens is 3. The Morgan fingerprint density at radius 3 is 2.63 bits per heavy atom. The molecule has 94 valence electrons. The Bertz CT molecular complexity index is 714. The zero-order valence-electron chi connectivity index (χ0n) is 10.0. The van der Waals surface area contributed by atoms with Crippen LogP contribution in [-0.2, 0) is 5.88 Å². The lowest BCUT2D eigenvalue weighted by Gasteiger charge is -2.05. The molecule has 3 rings (SSSR count). The van der Waals surface area contributed by atoms with Crippen LogP contribution in [0.1, 0.15) is 5.56 Å². The average Bonchev–Trinajstić information content (AvgIpc) is 2.47. The molecule has 0 amide bonds. The van der Waals surface area contributed by atoms with Gasteiger partial charge in [-0.2, -0.15) is 0 Å². The van der Waals surface area contributed by atoms with Gasteiger partial charge in [-0.05, 0) is 29.8 Å². The van der Waals surface area contributed by atoms with Gasteiger partial charge in [0.15, 0.2) is 0 Å².